The molecule has 3 N–H and O–H groups in total. The highest BCUT2D eigenvalue weighted by Crippen LogP contribution is 2.36. The Labute approximate surface area is 305 Å². The van der Waals surface area contributed by atoms with E-state index in [-0.39, 0.29) is 45.4 Å². The van der Waals surface area contributed by atoms with Crippen molar-refractivity contribution in [2.24, 2.45) is 16.1 Å². The van der Waals surface area contributed by atoms with Crippen LogP contribution in [0.15, 0.2) is 60.1 Å². The van der Waals surface area contributed by atoms with Crippen molar-refractivity contribution < 1.29 is 40.7 Å². The number of aliphatic imine (C=N–C) groups is 1. The fourth-order valence-electron chi connectivity index (χ4n) is 5.21. The van der Waals surface area contributed by atoms with E-state index in [4.69, 9.17) is 22.1 Å². The molecule has 5 rings (SSSR count). The van der Waals surface area contributed by atoms with E-state index in [2.05, 4.69) is 20.2 Å². The molecule has 284 valence electrons. The number of hydrogen-bond acceptors (Lipinski definition) is 7. The van der Waals surface area contributed by atoms with E-state index >= 15 is 4.39 Å². The van der Waals surface area contributed by atoms with Crippen LogP contribution in [0.2, 0.25) is 5.02 Å². The molecule has 1 fully saturated rings. The van der Waals surface area contributed by atoms with Crippen LogP contribution < -0.4 is 11.1 Å². The van der Waals surface area contributed by atoms with Gasteiger partial charge in [-0.25, -0.2) is 27.6 Å². The first-order chi connectivity index (χ1) is 24.9. The first-order valence-electron chi connectivity index (χ1n) is 16.3. The van der Waals surface area contributed by atoms with Gasteiger partial charge in [-0.15, -0.1) is 0 Å². The molecule has 2 amide bonds. The predicted molar refractivity (Wildman–Crippen MR) is 182 cm³/mol. The lowest BCUT2D eigenvalue weighted by Crippen LogP contribution is -2.47. The molecule has 0 unspecified atom stereocenters. The minimum atomic E-state index is -4.76. The number of alkyl halides is 5. The highest BCUT2D eigenvalue weighted by molar-refractivity contribution is 6.32. The molecule has 0 spiro atoms. The summed E-state index contributed by atoms with van der Waals surface area (Å²) in [7, 11) is 0. The van der Waals surface area contributed by atoms with E-state index in [9.17, 15) is 31.5 Å². The molecule has 1 aliphatic rings. The average Bonchev–Trinajstić information content (AvgIpc) is 3.59. The van der Waals surface area contributed by atoms with Crippen LogP contribution >= 0.6 is 11.6 Å². The summed E-state index contributed by atoms with van der Waals surface area (Å²) in [4.78, 5) is 35.7. The van der Waals surface area contributed by atoms with Gasteiger partial charge in [-0.3, -0.25) is 19.4 Å². The van der Waals surface area contributed by atoms with Crippen molar-refractivity contribution >= 4 is 29.6 Å². The maximum absolute atomic E-state index is 15.7. The summed E-state index contributed by atoms with van der Waals surface area (Å²) in [6.07, 6.45) is -2.81. The molecule has 19 heteroatoms. The number of alkyl carbamates (subject to hydrolysis) is 1. The minimum absolute atomic E-state index is 0.0515. The third kappa shape index (κ3) is 10.1. The maximum atomic E-state index is 15.7. The van der Waals surface area contributed by atoms with Crippen LogP contribution in [0.4, 0.5) is 31.1 Å². The highest BCUT2D eigenvalue weighted by atomic mass is 35.5. The lowest BCUT2D eigenvalue weighted by molar-refractivity contribution is -0.123. The van der Waals surface area contributed by atoms with Gasteiger partial charge in [0.15, 0.2) is 11.8 Å². The molecule has 0 radical (unpaired) electrons. The standard InChI is InChI=1S/C34H36ClF6N9O3/c1-33(2,3)10-11-43-31(42)49(30(51)20-4-8-23(25(36)12-20)21-14-46-48(15-21)22-6-7-22)27(16-53-32(52)44-17-34(39,40)41)19-5-9-24(35)26(13-19)50-29(28(37)38)45-18-47-50/h4-5,8-9,12-15,18,22,27-28H,6-7,10-11,16-17H2,1-3H3,(H2,42,43)(H,44,52)/t27-/m1/s1. The Hall–Kier alpha value is -5.13. The Morgan fingerprint density at radius 2 is 1.87 bits per heavy atom. The maximum Gasteiger partial charge on any atom is 0.407 e. The molecule has 0 bridgehead atoms. The van der Waals surface area contributed by atoms with E-state index < -0.39 is 61.4 Å². The van der Waals surface area contributed by atoms with Crippen molar-refractivity contribution in [1.82, 2.24) is 34.8 Å². The number of rotatable bonds is 12. The minimum Gasteiger partial charge on any atom is -0.447 e. The third-order valence-corrected chi connectivity index (χ3v) is 8.44. The van der Waals surface area contributed by atoms with Crippen molar-refractivity contribution in [3.8, 4) is 16.8 Å². The number of amides is 2. The van der Waals surface area contributed by atoms with Crippen LogP contribution in [0, 0.1) is 11.2 Å². The van der Waals surface area contributed by atoms with Crippen molar-refractivity contribution in [2.45, 2.75) is 64.7 Å². The van der Waals surface area contributed by atoms with Gasteiger partial charge in [0.1, 0.15) is 25.3 Å². The lowest BCUT2D eigenvalue weighted by atomic mass is 9.92. The number of halogens is 7. The molecular formula is C34H36ClF6N9O3. The normalized spacial score (nSPS) is 14.4. The van der Waals surface area contributed by atoms with Gasteiger partial charge in [-0.2, -0.15) is 23.4 Å². The van der Waals surface area contributed by atoms with Gasteiger partial charge in [0.2, 0.25) is 0 Å². The second-order valence-electron chi connectivity index (χ2n) is 13.5. The third-order valence-electron chi connectivity index (χ3n) is 8.12. The van der Waals surface area contributed by atoms with E-state index in [1.165, 1.54) is 36.5 Å². The fraction of sp³-hybridized carbons (Fsp3) is 0.412. The Balaban J connectivity index is 1.58. The number of benzene rings is 2. The van der Waals surface area contributed by atoms with Crippen LogP contribution in [0.1, 0.15) is 80.3 Å². The Bertz CT molecular complexity index is 1970. The number of carbonyl (C=O) groups is 2. The smallest absolute Gasteiger partial charge is 0.407 e. The monoisotopic (exact) mass is 767 g/mol. The number of ether oxygens (including phenoxy) is 1. The second-order valence-corrected chi connectivity index (χ2v) is 13.9. The number of aromatic nitrogens is 5. The van der Waals surface area contributed by atoms with E-state index in [0.717, 1.165) is 34.8 Å². The summed E-state index contributed by atoms with van der Waals surface area (Å²) < 4.78 is 89.5. The second kappa shape index (κ2) is 15.9. The summed E-state index contributed by atoms with van der Waals surface area (Å²) in [6.45, 7) is 3.41. The van der Waals surface area contributed by atoms with Gasteiger partial charge in [0.25, 0.3) is 12.3 Å². The molecule has 0 aliphatic heterocycles. The molecule has 0 saturated heterocycles. The van der Waals surface area contributed by atoms with Gasteiger partial charge in [-0.05, 0) is 54.5 Å². The number of nitrogens with one attached hydrogen (secondary N) is 1. The largest absolute Gasteiger partial charge is 0.447 e. The molecule has 12 nitrogen and oxygen atoms in total. The average molecular weight is 768 g/mol. The molecule has 1 atom stereocenters. The SMILES string of the molecule is CC(C)(C)CCN=C(N)N(C(=O)c1ccc(-c2cnn(C3CC3)c2)c(F)c1)[C@H](COC(=O)NCC(F)(F)F)c1ccc(Cl)c(-n2ncnc2C(F)F)c1. The summed E-state index contributed by atoms with van der Waals surface area (Å²) in [6, 6.07) is 6.36. The van der Waals surface area contributed by atoms with Crippen LogP contribution in [0.3, 0.4) is 0 Å². The zero-order valence-corrected chi connectivity index (χ0v) is 29.5. The van der Waals surface area contributed by atoms with Crippen molar-refractivity contribution in [2.75, 3.05) is 19.7 Å². The van der Waals surface area contributed by atoms with Crippen molar-refractivity contribution in [3.63, 3.8) is 0 Å². The first-order valence-corrected chi connectivity index (χ1v) is 16.7. The Morgan fingerprint density at radius 3 is 2.51 bits per heavy atom. The van der Waals surface area contributed by atoms with Gasteiger partial charge in [0, 0.05) is 29.4 Å². The van der Waals surface area contributed by atoms with Crippen LogP contribution in [-0.4, -0.2) is 73.3 Å². The molecule has 2 aromatic carbocycles. The lowest BCUT2D eigenvalue weighted by Gasteiger charge is -2.32. The summed E-state index contributed by atoms with van der Waals surface area (Å²) in [5.74, 6) is -2.88. The van der Waals surface area contributed by atoms with Crippen LogP contribution in [-0.2, 0) is 4.74 Å². The number of nitrogens with zero attached hydrogens (tertiary/aromatic N) is 7. The molecule has 53 heavy (non-hydrogen) atoms. The Morgan fingerprint density at radius 1 is 1.13 bits per heavy atom. The quantitative estimate of drug-likeness (QED) is 0.0867. The highest BCUT2D eigenvalue weighted by Gasteiger charge is 2.34. The van der Waals surface area contributed by atoms with Crippen molar-refractivity contribution in [1.29, 1.82) is 0 Å². The number of guanidine groups is 1. The summed E-state index contributed by atoms with van der Waals surface area (Å²) in [5, 5.41) is 9.63. The number of hydrogen-bond donors (Lipinski definition) is 2. The first kappa shape index (κ1) is 39.1. The molecular weight excluding hydrogens is 732 g/mol. The fourth-order valence-corrected chi connectivity index (χ4v) is 5.40. The van der Waals surface area contributed by atoms with Gasteiger partial charge < -0.3 is 15.8 Å². The van der Waals surface area contributed by atoms with Gasteiger partial charge >= 0.3 is 12.3 Å². The summed E-state index contributed by atoms with van der Waals surface area (Å²) in [5.41, 5.74) is 6.61. The van der Waals surface area contributed by atoms with E-state index in [1.54, 1.807) is 16.2 Å². The zero-order valence-electron chi connectivity index (χ0n) is 28.7. The summed E-state index contributed by atoms with van der Waals surface area (Å²) >= 11 is 6.39. The Kier molecular flexibility index (Phi) is 11.7. The number of nitrogens with two attached hydrogens (primary N) is 1. The molecule has 2 heterocycles. The molecule has 1 aliphatic carbocycles. The topological polar surface area (TPSA) is 146 Å². The van der Waals surface area contributed by atoms with Crippen LogP contribution in [0.5, 0.6) is 0 Å². The molecule has 2 aromatic heterocycles. The van der Waals surface area contributed by atoms with Crippen LogP contribution in [0.25, 0.3) is 16.8 Å². The molecule has 4 aromatic rings. The van der Waals surface area contributed by atoms with Crippen molar-refractivity contribution in [3.05, 3.63) is 82.9 Å². The van der Waals surface area contributed by atoms with Gasteiger partial charge in [0.05, 0.1) is 29.0 Å². The molecule has 1 saturated carbocycles. The predicted octanol–water partition coefficient (Wildman–Crippen LogP) is 7.42. The zero-order chi connectivity index (χ0) is 38.7. The van der Waals surface area contributed by atoms with E-state index in [0.29, 0.717) is 12.0 Å². The van der Waals surface area contributed by atoms with E-state index in [1.807, 2.05) is 20.8 Å². The van der Waals surface area contributed by atoms with Gasteiger partial charge in [-0.1, -0.05) is 44.5 Å². The number of carbonyl (C=O) groups excluding carboxylic acids is 2.